The largest absolute Gasteiger partial charge is 0.382 e. The number of allylic oxidation sites excluding steroid dienone is 5. The highest BCUT2D eigenvalue weighted by Gasteiger charge is 2.19. The molecule has 0 fully saturated rings. The molecule has 1 aromatic heterocycles. The SMILES string of the molecule is CCCC(C)Nc1cccc2cccc(C/C=C/C3=C(Nc4ccccc4)C(=C/C=c4\c5cccc6cccc(c65)n4C(C)CCC)/CC3)c12. The van der Waals surface area contributed by atoms with Crippen LogP contribution in [0.25, 0.3) is 38.5 Å². The third-order valence-electron chi connectivity index (χ3n) is 10.4. The van der Waals surface area contributed by atoms with Gasteiger partial charge in [0.1, 0.15) is 0 Å². The van der Waals surface area contributed by atoms with Gasteiger partial charge in [0, 0.05) is 56.2 Å². The topological polar surface area (TPSA) is 29.0 Å². The summed E-state index contributed by atoms with van der Waals surface area (Å²) >= 11 is 0. The molecule has 1 aliphatic carbocycles. The number of nitrogens with one attached hydrogen (secondary N) is 2. The van der Waals surface area contributed by atoms with Crippen LogP contribution in [0.15, 0.2) is 138 Å². The number of rotatable bonds is 13. The molecule has 254 valence electrons. The number of hydrogen-bond donors (Lipinski definition) is 2. The first-order chi connectivity index (χ1) is 24.6. The van der Waals surface area contributed by atoms with Crippen molar-refractivity contribution in [1.82, 2.24) is 4.57 Å². The molecule has 5 aromatic carbocycles. The Kier molecular flexibility index (Phi) is 10.2. The molecule has 0 amide bonds. The standard InChI is InChI=1S/C47H51N3/c1-5-15-33(3)48-42-27-13-21-36-18-10-17-35(45(36)42)19-11-23-38-29-30-39(47(38)49-40-24-8-7-9-25-40)31-32-43-41-26-12-20-37-22-14-28-44(46(37)41)50(43)34(4)16-6-2/h7-14,17-18,20-28,31-34,48-49H,5-6,15-16,19,29-30H2,1-4H3/b23-11+,39-31+,43-32+. The van der Waals surface area contributed by atoms with Gasteiger partial charge >= 0.3 is 0 Å². The van der Waals surface area contributed by atoms with Crippen molar-refractivity contribution in [2.75, 3.05) is 10.6 Å². The lowest BCUT2D eigenvalue weighted by atomic mass is 9.99. The van der Waals surface area contributed by atoms with Crippen LogP contribution < -0.4 is 16.0 Å². The van der Waals surface area contributed by atoms with Gasteiger partial charge < -0.3 is 15.2 Å². The van der Waals surface area contributed by atoms with Crippen LogP contribution in [0.1, 0.15) is 77.8 Å². The molecular weight excluding hydrogens is 607 g/mol. The van der Waals surface area contributed by atoms with Crippen molar-refractivity contribution in [3.8, 4) is 0 Å². The highest BCUT2D eigenvalue weighted by atomic mass is 15.0. The van der Waals surface area contributed by atoms with Crippen LogP contribution in [-0.4, -0.2) is 10.6 Å². The molecule has 50 heavy (non-hydrogen) atoms. The van der Waals surface area contributed by atoms with Crippen LogP contribution in [-0.2, 0) is 6.42 Å². The fourth-order valence-corrected chi connectivity index (χ4v) is 8.06. The van der Waals surface area contributed by atoms with Gasteiger partial charge in [-0.2, -0.15) is 0 Å². The number of hydrogen-bond acceptors (Lipinski definition) is 2. The Morgan fingerprint density at radius 1 is 0.720 bits per heavy atom. The number of anilines is 2. The van der Waals surface area contributed by atoms with Crippen LogP contribution in [0, 0.1) is 0 Å². The van der Waals surface area contributed by atoms with Crippen molar-refractivity contribution in [2.24, 2.45) is 0 Å². The van der Waals surface area contributed by atoms with Crippen LogP contribution in [0.4, 0.5) is 11.4 Å². The van der Waals surface area contributed by atoms with Gasteiger partial charge in [-0.25, -0.2) is 0 Å². The minimum Gasteiger partial charge on any atom is -0.382 e. The molecule has 2 N–H and O–H groups in total. The van der Waals surface area contributed by atoms with E-state index in [-0.39, 0.29) is 0 Å². The Balaban J connectivity index is 1.27. The fourth-order valence-electron chi connectivity index (χ4n) is 8.06. The van der Waals surface area contributed by atoms with Gasteiger partial charge in [0.25, 0.3) is 0 Å². The number of nitrogens with zero attached hydrogens (tertiary/aromatic N) is 1. The van der Waals surface area contributed by atoms with Gasteiger partial charge in [0.2, 0.25) is 0 Å². The van der Waals surface area contributed by atoms with Gasteiger partial charge in [-0.15, -0.1) is 0 Å². The predicted octanol–water partition coefficient (Wildman–Crippen LogP) is 12.3. The molecule has 0 saturated heterocycles. The lowest BCUT2D eigenvalue weighted by Crippen LogP contribution is -2.20. The maximum atomic E-state index is 3.84. The molecule has 0 spiro atoms. The van der Waals surface area contributed by atoms with Crippen molar-refractivity contribution in [1.29, 1.82) is 0 Å². The van der Waals surface area contributed by atoms with Crippen molar-refractivity contribution < 1.29 is 0 Å². The molecule has 1 aliphatic rings. The molecule has 1 heterocycles. The van der Waals surface area contributed by atoms with Gasteiger partial charge in [0.05, 0.1) is 0 Å². The van der Waals surface area contributed by atoms with Crippen molar-refractivity contribution in [3.05, 3.63) is 149 Å². The zero-order valence-electron chi connectivity index (χ0n) is 30.2. The fraction of sp³-hybridized carbons (Fsp3) is 0.277. The van der Waals surface area contributed by atoms with Crippen LogP contribution in [0.3, 0.4) is 0 Å². The van der Waals surface area contributed by atoms with Crippen molar-refractivity contribution in [3.63, 3.8) is 0 Å². The minimum absolute atomic E-state index is 0.418. The number of benzene rings is 5. The van der Waals surface area contributed by atoms with E-state index in [9.17, 15) is 0 Å². The van der Waals surface area contributed by atoms with Gasteiger partial charge in [0.15, 0.2) is 0 Å². The first kappa shape index (κ1) is 33.5. The average molecular weight is 658 g/mol. The van der Waals surface area contributed by atoms with E-state index in [2.05, 4.69) is 170 Å². The van der Waals surface area contributed by atoms with Gasteiger partial charge in [-0.3, -0.25) is 0 Å². The van der Waals surface area contributed by atoms with Crippen LogP contribution in [0.2, 0.25) is 0 Å². The Bertz CT molecular complexity index is 2240. The summed E-state index contributed by atoms with van der Waals surface area (Å²) in [5.41, 5.74) is 9.01. The molecule has 3 nitrogen and oxygen atoms in total. The van der Waals surface area contributed by atoms with E-state index in [1.54, 1.807) is 0 Å². The zero-order chi connectivity index (χ0) is 34.5. The van der Waals surface area contributed by atoms with Crippen molar-refractivity contribution >= 4 is 49.9 Å². The summed E-state index contributed by atoms with van der Waals surface area (Å²) in [7, 11) is 0. The molecule has 0 saturated carbocycles. The number of aromatic nitrogens is 1. The van der Waals surface area contributed by atoms with Crippen molar-refractivity contribution in [2.45, 2.75) is 84.7 Å². The molecule has 3 heteroatoms. The Hall–Kier alpha value is -5.02. The molecular formula is C47H51N3. The smallest absolute Gasteiger partial charge is 0.0499 e. The third kappa shape index (κ3) is 6.87. The summed E-state index contributed by atoms with van der Waals surface area (Å²) in [5.74, 6) is 0. The van der Waals surface area contributed by atoms with Crippen LogP contribution >= 0.6 is 0 Å². The number of fused-ring (bicyclic) bond motifs is 1. The second-order valence-corrected chi connectivity index (χ2v) is 14.1. The zero-order valence-corrected chi connectivity index (χ0v) is 30.2. The second kappa shape index (κ2) is 15.3. The van der Waals surface area contributed by atoms with E-state index < -0.39 is 0 Å². The monoisotopic (exact) mass is 657 g/mol. The summed E-state index contributed by atoms with van der Waals surface area (Å²) in [6.45, 7) is 9.20. The Morgan fingerprint density at radius 2 is 1.44 bits per heavy atom. The maximum absolute atomic E-state index is 3.84. The summed E-state index contributed by atoms with van der Waals surface area (Å²) < 4.78 is 2.58. The molecule has 2 atom stereocenters. The second-order valence-electron chi connectivity index (χ2n) is 14.1. The molecule has 7 rings (SSSR count). The van der Waals surface area contributed by atoms with Crippen LogP contribution in [0.5, 0.6) is 0 Å². The lowest BCUT2D eigenvalue weighted by molar-refractivity contribution is 0.507. The Morgan fingerprint density at radius 3 is 2.22 bits per heavy atom. The Labute approximate surface area is 298 Å². The normalized spacial score (nSPS) is 16.1. The lowest BCUT2D eigenvalue weighted by Gasteiger charge is -2.18. The number of para-hydroxylation sites is 1. The average Bonchev–Trinajstić information content (AvgIpc) is 3.66. The molecule has 2 unspecified atom stereocenters. The summed E-state index contributed by atoms with van der Waals surface area (Å²) in [5, 5.41) is 15.6. The van der Waals surface area contributed by atoms with Gasteiger partial charge in [-0.1, -0.05) is 124 Å². The first-order valence-corrected chi connectivity index (χ1v) is 18.8. The van der Waals surface area contributed by atoms with E-state index in [4.69, 9.17) is 0 Å². The summed E-state index contributed by atoms with van der Waals surface area (Å²) in [6, 6.07) is 38.3. The third-order valence-corrected chi connectivity index (χ3v) is 10.4. The van der Waals surface area contributed by atoms with E-state index in [1.165, 1.54) is 72.3 Å². The van der Waals surface area contributed by atoms with Gasteiger partial charge in [-0.05, 0) is 104 Å². The van der Waals surface area contributed by atoms with E-state index in [0.29, 0.717) is 12.1 Å². The molecule has 0 radical (unpaired) electrons. The van der Waals surface area contributed by atoms with E-state index in [0.717, 1.165) is 44.2 Å². The predicted molar refractivity (Wildman–Crippen MR) is 218 cm³/mol. The molecule has 0 aliphatic heterocycles. The van der Waals surface area contributed by atoms with E-state index >= 15 is 0 Å². The summed E-state index contributed by atoms with van der Waals surface area (Å²) in [6.07, 6.45) is 17.1. The minimum atomic E-state index is 0.418. The highest BCUT2D eigenvalue weighted by molar-refractivity contribution is 6.10. The molecule has 0 bridgehead atoms. The summed E-state index contributed by atoms with van der Waals surface area (Å²) in [4.78, 5) is 0. The van der Waals surface area contributed by atoms with E-state index in [1.807, 2.05) is 0 Å². The highest BCUT2D eigenvalue weighted by Crippen LogP contribution is 2.35. The molecule has 6 aromatic rings. The first-order valence-electron chi connectivity index (χ1n) is 18.8. The quantitative estimate of drug-likeness (QED) is 0.129. The maximum Gasteiger partial charge on any atom is 0.0499 e.